The van der Waals surface area contributed by atoms with Gasteiger partial charge in [-0.25, -0.2) is 4.98 Å². The molecule has 1 aliphatic rings. The number of hydrogen-bond acceptors (Lipinski definition) is 8. The van der Waals surface area contributed by atoms with Gasteiger partial charge in [0.1, 0.15) is 12.0 Å². The molecule has 0 aliphatic carbocycles. The summed E-state index contributed by atoms with van der Waals surface area (Å²) in [7, 11) is 3.70. The highest BCUT2D eigenvalue weighted by atomic mass is 35.5. The van der Waals surface area contributed by atoms with Gasteiger partial charge < -0.3 is 14.3 Å². The van der Waals surface area contributed by atoms with Crippen LogP contribution in [0.25, 0.3) is 0 Å². The van der Waals surface area contributed by atoms with Gasteiger partial charge in [0, 0.05) is 33.3 Å². The van der Waals surface area contributed by atoms with Gasteiger partial charge in [-0.05, 0) is 18.0 Å². The van der Waals surface area contributed by atoms with Crippen LogP contribution in [0.1, 0.15) is 24.7 Å². The maximum absolute atomic E-state index is 10.8. The van der Waals surface area contributed by atoms with Crippen LogP contribution in [-0.4, -0.2) is 47.2 Å². The molecule has 1 atom stereocenters. The van der Waals surface area contributed by atoms with Crippen LogP contribution in [0.2, 0.25) is 5.02 Å². The Bertz CT molecular complexity index is 750. The average molecular weight is 353 g/mol. The van der Waals surface area contributed by atoms with Crippen LogP contribution in [0, 0.1) is 10.1 Å². The predicted octanol–water partition coefficient (Wildman–Crippen LogP) is 2.48. The Hall–Kier alpha value is -2.42. The third-order valence-corrected chi connectivity index (χ3v) is 4.20. The summed E-state index contributed by atoms with van der Waals surface area (Å²) in [4.78, 5) is 22.6. The molecule has 2 aromatic rings. The first-order valence-corrected chi connectivity index (χ1v) is 7.89. The summed E-state index contributed by atoms with van der Waals surface area (Å²) in [6.45, 7) is 1.40. The lowest BCUT2D eigenvalue weighted by Crippen LogP contribution is -2.35. The molecule has 0 spiro atoms. The number of halogens is 1. The minimum atomic E-state index is -0.511. The molecule has 1 aliphatic heterocycles. The largest absolute Gasteiger partial charge is 0.355 e. The fourth-order valence-corrected chi connectivity index (χ4v) is 2.98. The molecule has 1 saturated heterocycles. The summed E-state index contributed by atoms with van der Waals surface area (Å²) in [5, 5.41) is 15.0. The zero-order valence-electron chi connectivity index (χ0n) is 13.3. The highest BCUT2D eigenvalue weighted by molar-refractivity contribution is 6.33. The molecule has 24 heavy (non-hydrogen) atoms. The molecule has 1 fully saturated rings. The van der Waals surface area contributed by atoms with Gasteiger partial charge in [-0.15, -0.1) is 0 Å². The Morgan fingerprint density at radius 3 is 2.92 bits per heavy atom. The van der Waals surface area contributed by atoms with Crippen molar-refractivity contribution in [3.8, 4) is 0 Å². The quantitative estimate of drug-likeness (QED) is 0.611. The molecule has 0 saturated carbocycles. The zero-order chi connectivity index (χ0) is 17.3. The van der Waals surface area contributed by atoms with Crippen molar-refractivity contribution >= 4 is 29.1 Å². The third kappa shape index (κ3) is 3.25. The van der Waals surface area contributed by atoms with Gasteiger partial charge in [-0.1, -0.05) is 11.6 Å². The molecule has 0 N–H and O–H groups in total. The van der Waals surface area contributed by atoms with Gasteiger partial charge in [0.2, 0.25) is 5.89 Å². The van der Waals surface area contributed by atoms with Gasteiger partial charge in [0.05, 0.1) is 15.9 Å². The van der Waals surface area contributed by atoms with E-state index in [2.05, 4.69) is 15.1 Å². The number of anilines is 2. The molecule has 3 heterocycles. The molecule has 2 aromatic heterocycles. The van der Waals surface area contributed by atoms with E-state index in [0.717, 1.165) is 19.4 Å². The van der Waals surface area contributed by atoms with Crippen molar-refractivity contribution in [1.29, 1.82) is 0 Å². The van der Waals surface area contributed by atoms with E-state index in [1.165, 1.54) is 12.3 Å². The predicted molar refractivity (Wildman–Crippen MR) is 88.7 cm³/mol. The van der Waals surface area contributed by atoms with Crippen LogP contribution in [0.15, 0.2) is 16.8 Å². The molecule has 0 aromatic carbocycles. The van der Waals surface area contributed by atoms with E-state index in [0.29, 0.717) is 24.2 Å². The van der Waals surface area contributed by atoms with E-state index in [-0.39, 0.29) is 16.6 Å². The van der Waals surface area contributed by atoms with Gasteiger partial charge >= 0.3 is 0 Å². The number of hydrogen-bond donors (Lipinski definition) is 0. The second-order valence-electron chi connectivity index (χ2n) is 5.87. The molecule has 128 valence electrons. The first kappa shape index (κ1) is 16.4. The highest BCUT2D eigenvalue weighted by Crippen LogP contribution is 2.33. The van der Waals surface area contributed by atoms with E-state index in [1.54, 1.807) is 4.90 Å². The van der Waals surface area contributed by atoms with E-state index in [1.807, 2.05) is 19.0 Å². The molecule has 0 bridgehead atoms. The van der Waals surface area contributed by atoms with Crippen LogP contribution in [0.4, 0.5) is 17.5 Å². The summed E-state index contributed by atoms with van der Waals surface area (Å²) in [5.41, 5.74) is -0.121. The average Bonchev–Trinajstić information content (AvgIpc) is 3.05. The van der Waals surface area contributed by atoms with Crippen LogP contribution < -0.4 is 9.80 Å². The standard InChI is InChI=1S/C14H17ClN6O3/c1-19(2)14-17-13(24-18-14)9-4-3-5-20(8-9)12-11(15)6-10(7-16-12)21(22)23/h6-7,9H,3-5,8H2,1-2H3. The minimum absolute atomic E-state index is 0.0769. The zero-order valence-corrected chi connectivity index (χ0v) is 14.1. The van der Waals surface area contributed by atoms with E-state index < -0.39 is 4.92 Å². The Morgan fingerprint density at radius 1 is 1.50 bits per heavy atom. The smallest absolute Gasteiger partial charge is 0.289 e. The maximum atomic E-state index is 10.8. The van der Waals surface area contributed by atoms with Gasteiger partial charge in [-0.3, -0.25) is 10.1 Å². The topological polar surface area (TPSA) is 101 Å². The number of rotatable bonds is 4. The lowest BCUT2D eigenvalue weighted by Gasteiger charge is -2.32. The molecule has 9 nitrogen and oxygen atoms in total. The van der Waals surface area contributed by atoms with E-state index >= 15 is 0 Å². The number of aromatic nitrogens is 3. The van der Waals surface area contributed by atoms with Gasteiger partial charge in [0.15, 0.2) is 0 Å². The third-order valence-electron chi connectivity index (χ3n) is 3.92. The summed E-state index contributed by atoms with van der Waals surface area (Å²) in [6, 6.07) is 1.32. The molecule has 3 rings (SSSR count). The van der Waals surface area contributed by atoms with E-state index in [4.69, 9.17) is 16.1 Å². The number of pyridine rings is 1. The summed E-state index contributed by atoms with van der Waals surface area (Å²) >= 11 is 6.18. The Morgan fingerprint density at radius 2 is 2.29 bits per heavy atom. The van der Waals surface area contributed by atoms with Crippen LogP contribution in [0.5, 0.6) is 0 Å². The van der Waals surface area contributed by atoms with Gasteiger partial charge in [-0.2, -0.15) is 4.98 Å². The second kappa shape index (κ2) is 6.60. The molecule has 1 unspecified atom stereocenters. The molecule has 0 radical (unpaired) electrons. The fourth-order valence-electron chi connectivity index (χ4n) is 2.70. The summed E-state index contributed by atoms with van der Waals surface area (Å²) in [5.74, 6) is 1.74. The Kier molecular flexibility index (Phi) is 4.52. The molecule has 10 heteroatoms. The van der Waals surface area contributed by atoms with Crippen molar-refractivity contribution < 1.29 is 9.45 Å². The van der Waals surface area contributed by atoms with Crippen molar-refractivity contribution in [3.05, 3.63) is 33.3 Å². The monoisotopic (exact) mass is 352 g/mol. The Labute approximate surface area is 143 Å². The number of nitro groups is 1. The summed E-state index contributed by atoms with van der Waals surface area (Å²) < 4.78 is 5.36. The van der Waals surface area contributed by atoms with E-state index in [9.17, 15) is 10.1 Å². The molecule has 0 amide bonds. The van der Waals surface area contributed by atoms with Crippen molar-refractivity contribution in [3.63, 3.8) is 0 Å². The van der Waals surface area contributed by atoms with Crippen molar-refractivity contribution in [2.24, 2.45) is 0 Å². The highest BCUT2D eigenvalue weighted by Gasteiger charge is 2.28. The molecular formula is C14H17ClN6O3. The molecular weight excluding hydrogens is 336 g/mol. The van der Waals surface area contributed by atoms with Crippen molar-refractivity contribution in [2.45, 2.75) is 18.8 Å². The van der Waals surface area contributed by atoms with Crippen LogP contribution >= 0.6 is 11.6 Å². The number of piperidine rings is 1. The van der Waals surface area contributed by atoms with Crippen LogP contribution in [-0.2, 0) is 0 Å². The van der Waals surface area contributed by atoms with Crippen molar-refractivity contribution in [1.82, 2.24) is 15.1 Å². The Balaban J connectivity index is 1.79. The van der Waals surface area contributed by atoms with Gasteiger partial charge in [0.25, 0.3) is 11.6 Å². The number of nitrogens with zero attached hydrogens (tertiary/aromatic N) is 6. The summed E-state index contributed by atoms with van der Waals surface area (Å²) in [6.07, 6.45) is 3.07. The minimum Gasteiger partial charge on any atom is -0.355 e. The second-order valence-corrected chi connectivity index (χ2v) is 6.28. The SMILES string of the molecule is CN(C)c1noc(C2CCCN(c3ncc([N+](=O)[O-])cc3Cl)C2)n1. The lowest BCUT2D eigenvalue weighted by molar-refractivity contribution is -0.385. The lowest BCUT2D eigenvalue weighted by atomic mass is 9.98. The normalized spacial score (nSPS) is 17.8. The fraction of sp³-hybridized carbons (Fsp3) is 0.500. The maximum Gasteiger partial charge on any atom is 0.289 e. The van der Waals surface area contributed by atoms with Crippen molar-refractivity contribution in [2.75, 3.05) is 37.0 Å². The first-order chi connectivity index (χ1) is 11.5. The first-order valence-electron chi connectivity index (χ1n) is 7.51. The van der Waals surface area contributed by atoms with Crippen LogP contribution in [0.3, 0.4) is 0 Å².